The molecule has 0 saturated heterocycles. The first-order chi connectivity index (χ1) is 9.13. The van der Waals surface area contributed by atoms with Crippen LogP contribution in [-0.2, 0) is 11.2 Å². The van der Waals surface area contributed by atoms with Crippen molar-refractivity contribution in [3.8, 4) is 11.4 Å². The summed E-state index contributed by atoms with van der Waals surface area (Å²) in [5.74, 6) is -0.784. The van der Waals surface area contributed by atoms with Gasteiger partial charge in [0.2, 0.25) is 4.96 Å². The Morgan fingerprint density at radius 3 is 2.79 bits per heavy atom. The van der Waals surface area contributed by atoms with E-state index in [9.17, 15) is 9.18 Å². The van der Waals surface area contributed by atoms with Gasteiger partial charge in [0.1, 0.15) is 5.82 Å². The van der Waals surface area contributed by atoms with Gasteiger partial charge in [0, 0.05) is 10.9 Å². The average molecular weight is 277 g/mol. The van der Waals surface area contributed by atoms with E-state index in [1.807, 2.05) is 0 Å². The molecule has 96 valence electrons. The van der Waals surface area contributed by atoms with Gasteiger partial charge in [-0.05, 0) is 24.3 Å². The van der Waals surface area contributed by atoms with Crippen LogP contribution in [0.15, 0.2) is 29.6 Å². The van der Waals surface area contributed by atoms with E-state index in [2.05, 4.69) is 10.1 Å². The van der Waals surface area contributed by atoms with Crippen molar-refractivity contribution in [3.05, 3.63) is 41.2 Å². The summed E-state index contributed by atoms with van der Waals surface area (Å²) >= 11 is 1.33. The number of rotatable bonds is 3. The Morgan fingerprint density at radius 1 is 1.37 bits per heavy atom. The van der Waals surface area contributed by atoms with Crippen LogP contribution in [0.4, 0.5) is 4.39 Å². The molecule has 1 N–H and O–H groups in total. The highest BCUT2D eigenvalue weighted by Gasteiger charge is 2.13. The first kappa shape index (κ1) is 11.8. The number of nitrogens with zero attached hydrogens (tertiary/aromatic N) is 3. The molecule has 0 unspecified atom stereocenters. The molecule has 19 heavy (non-hydrogen) atoms. The molecule has 0 aliphatic rings. The molecule has 7 heteroatoms. The number of carbonyl (C=O) groups is 1. The second-order valence-corrected chi connectivity index (χ2v) is 4.77. The molecule has 0 aliphatic carbocycles. The number of benzene rings is 1. The minimum absolute atomic E-state index is 0.105. The quantitative estimate of drug-likeness (QED) is 0.797. The highest BCUT2D eigenvalue weighted by atomic mass is 32.1. The second kappa shape index (κ2) is 4.43. The number of hydrogen-bond acceptors (Lipinski definition) is 4. The van der Waals surface area contributed by atoms with Gasteiger partial charge < -0.3 is 5.11 Å². The van der Waals surface area contributed by atoms with E-state index < -0.39 is 5.97 Å². The fourth-order valence-electron chi connectivity index (χ4n) is 1.72. The lowest BCUT2D eigenvalue weighted by molar-refractivity contribution is -0.136. The summed E-state index contributed by atoms with van der Waals surface area (Å²) in [5.41, 5.74) is 1.27. The van der Waals surface area contributed by atoms with E-state index in [-0.39, 0.29) is 12.2 Å². The molecule has 0 bridgehead atoms. The highest BCUT2D eigenvalue weighted by Crippen LogP contribution is 2.21. The summed E-state index contributed by atoms with van der Waals surface area (Å²) < 4.78 is 14.4. The molecule has 2 heterocycles. The zero-order chi connectivity index (χ0) is 13.4. The molecular formula is C12H8FN3O2S. The SMILES string of the molecule is O=C(O)Cc1csc2nc(-c3ccc(F)cc3)nn12. The van der Waals surface area contributed by atoms with E-state index in [4.69, 9.17) is 5.11 Å². The van der Waals surface area contributed by atoms with Crippen LogP contribution >= 0.6 is 11.3 Å². The average Bonchev–Trinajstić information content (AvgIpc) is 2.92. The molecule has 0 fully saturated rings. The van der Waals surface area contributed by atoms with Crippen LogP contribution < -0.4 is 0 Å². The molecule has 0 aliphatic heterocycles. The van der Waals surface area contributed by atoms with Crippen LogP contribution in [0.3, 0.4) is 0 Å². The monoisotopic (exact) mass is 277 g/mol. The van der Waals surface area contributed by atoms with E-state index in [1.54, 1.807) is 17.5 Å². The van der Waals surface area contributed by atoms with Crippen LogP contribution in [0.1, 0.15) is 5.69 Å². The molecule has 0 spiro atoms. The number of thiazole rings is 1. The lowest BCUT2D eigenvalue weighted by atomic mass is 10.2. The van der Waals surface area contributed by atoms with E-state index in [0.717, 1.165) is 0 Å². The predicted molar refractivity (Wildman–Crippen MR) is 67.6 cm³/mol. The normalized spacial score (nSPS) is 11.0. The minimum Gasteiger partial charge on any atom is -0.481 e. The number of aromatic nitrogens is 3. The van der Waals surface area contributed by atoms with Gasteiger partial charge in [-0.1, -0.05) is 0 Å². The smallest absolute Gasteiger partial charge is 0.309 e. The van der Waals surface area contributed by atoms with Gasteiger partial charge in [-0.3, -0.25) is 4.79 Å². The predicted octanol–water partition coefficient (Wildman–Crippen LogP) is 2.22. The van der Waals surface area contributed by atoms with Gasteiger partial charge in [-0.2, -0.15) is 4.98 Å². The molecule has 0 atom stereocenters. The highest BCUT2D eigenvalue weighted by molar-refractivity contribution is 7.15. The number of carboxylic acids is 1. The van der Waals surface area contributed by atoms with Crippen molar-refractivity contribution in [2.24, 2.45) is 0 Å². The summed E-state index contributed by atoms with van der Waals surface area (Å²) in [5, 5.41) is 14.8. The molecule has 0 amide bonds. The summed E-state index contributed by atoms with van der Waals surface area (Å²) in [4.78, 5) is 15.6. The Kier molecular flexibility index (Phi) is 2.75. The van der Waals surface area contributed by atoms with Crippen molar-refractivity contribution in [1.82, 2.24) is 14.6 Å². The number of hydrogen-bond donors (Lipinski definition) is 1. The van der Waals surface area contributed by atoms with Crippen molar-refractivity contribution in [2.75, 3.05) is 0 Å². The molecule has 5 nitrogen and oxygen atoms in total. The maximum atomic E-state index is 12.8. The second-order valence-electron chi connectivity index (χ2n) is 3.93. The van der Waals surface area contributed by atoms with Gasteiger partial charge in [0.15, 0.2) is 5.82 Å². The first-order valence-electron chi connectivity index (χ1n) is 5.44. The third-order valence-electron chi connectivity index (χ3n) is 2.58. The van der Waals surface area contributed by atoms with Crippen molar-refractivity contribution >= 4 is 22.3 Å². The fraction of sp³-hybridized carbons (Fsp3) is 0.0833. The zero-order valence-electron chi connectivity index (χ0n) is 9.58. The van der Waals surface area contributed by atoms with Crippen LogP contribution in [0.25, 0.3) is 16.3 Å². The van der Waals surface area contributed by atoms with Gasteiger partial charge in [-0.25, -0.2) is 8.91 Å². The summed E-state index contributed by atoms with van der Waals surface area (Å²) in [7, 11) is 0. The lowest BCUT2D eigenvalue weighted by Crippen LogP contribution is -2.03. The van der Waals surface area contributed by atoms with E-state index in [0.29, 0.717) is 22.0 Å². The van der Waals surface area contributed by atoms with Gasteiger partial charge in [0.05, 0.1) is 12.1 Å². The van der Waals surface area contributed by atoms with Gasteiger partial charge in [-0.15, -0.1) is 16.4 Å². The van der Waals surface area contributed by atoms with Crippen molar-refractivity contribution in [1.29, 1.82) is 0 Å². The molecular weight excluding hydrogens is 269 g/mol. The standard InChI is InChI=1S/C12H8FN3O2S/c13-8-3-1-7(2-4-8)11-14-12-16(15-11)9(6-19-12)5-10(17)18/h1-4,6H,5H2,(H,17,18). The summed E-state index contributed by atoms with van der Waals surface area (Å²) in [6.45, 7) is 0. The molecule has 2 aromatic heterocycles. The van der Waals surface area contributed by atoms with E-state index in [1.165, 1.54) is 28.0 Å². The molecule has 1 aromatic carbocycles. The number of halogens is 1. The van der Waals surface area contributed by atoms with Crippen LogP contribution in [0.5, 0.6) is 0 Å². The van der Waals surface area contributed by atoms with Crippen LogP contribution in [-0.4, -0.2) is 25.7 Å². The third-order valence-corrected chi connectivity index (χ3v) is 3.45. The molecule has 3 aromatic rings. The van der Waals surface area contributed by atoms with Gasteiger partial charge in [0.25, 0.3) is 0 Å². The van der Waals surface area contributed by atoms with Crippen molar-refractivity contribution in [3.63, 3.8) is 0 Å². The van der Waals surface area contributed by atoms with Crippen molar-refractivity contribution < 1.29 is 14.3 Å². The third kappa shape index (κ3) is 2.19. The zero-order valence-corrected chi connectivity index (χ0v) is 10.4. The largest absolute Gasteiger partial charge is 0.481 e. The number of aliphatic carboxylic acids is 1. The molecule has 3 rings (SSSR count). The summed E-state index contributed by atoms with van der Waals surface area (Å²) in [6, 6.07) is 5.85. The Morgan fingerprint density at radius 2 is 2.11 bits per heavy atom. The Hall–Kier alpha value is -2.28. The number of fused-ring (bicyclic) bond motifs is 1. The lowest BCUT2D eigenvalue weighted by Gasteiger charge is -1.94. The Labute approximate surface area is 111 Å². The van der Waals surface area contributed by atoms with Crippen molar-refractivity contribution in [2.45, 2.75) is 6.42 Å². The Bertz CT molecular complexity index is 748. The Balaban J connectivity index is 2.04. The van der Waals surface area contributed by atoms with Crippen LogP contribution in [0.2, 0.25) is 0 Å². The number of carboxylic acid groups (broad SMARTS) is 1. The maximum Gasteiger partial charge on any atom is 0.309 e. The first-order valence-corrected chi connectivity index (χ1v) is 6.32. The van der Waals surface area contributed by atoms with Gasteiger partial charge >= 0.3 is 5.97 Å². The molecule has 0 radical (unpaired) electrons. The van der Waals surface area contributed by atoms with E-state index >= 15 is 0 Å². The topological polar surface area (TPSA) is 67.5 Å². The summed E-state index contributed by atoms with van der Waals surface area (Å²) in [6.07, 6.45) is -0.105. The van der Waals surface area contributed by atoms with Crippen LogP contribution in [0, 0.1) is 5.82 Å². The molecule has 0 saturated carbocycles. The fourth-order valence-corrected chi connectivity index (χ4v) is 2.55. The maximum absolute atomic E-state index is 12.8. The minimum atomic E-state index is -0.918.